The lowest BCUT2D eigenvalue weighted by Crippen LogP contribution is -2.53. The molecule has 2 aromatic rings. The zero-order valence-corrected chi connectivity index (χ0v) is 31.8. The van der Waals surface area contributed by atoms with E-state index in [1.165, 1.54) is 82.1 Å². The summed E-state index contributed by atoms with van der Waals surface area (Å²) in [6, 6.07) is 12.4. The lowest BCUT2D eigenvalue weighted by Gasteiger charge is -2.61. The number of rotatable bonds is 10. The summed E-state index contributed by atoms with van der Waals surface area (Å²) in [6.45, 7) is 12.5. The minimum atomic E-state index is -4.43. The molecule has 2 aromatic carbocycles. The molecule has 0 radical (unpaired) electrons. The van der Waals surface area contributed by atoms with Gasteiger partial charge in [-0.3, -0.25) is 9.11 Å². The van der Waals surface area contributed by atoms with E-state index in [1.54, 1.807) is 24.3 Å². The zero-order valence-electron chi connectivity index (χ0n) is 30.1. The normalized spacial score (nSPS) is 33.7. The van der Waals surface area contributed by atoms with E-state index < -0.39 is 20.2 Å². The number of fused-ring (bicyclic) bond motifs is 5. The Hall–Kier alpha value is -2.00. The standard InChI is InChI=1S/C41H58O6S2/c1-27(2)9-6-10-28(3)37-17-18-38-35-16-15-32-23-29(19-21-40(32,4)39(35)20-22-41(37,38)5)24-36(30-11-7-13-33(25-30)48(42,43)44)31-12-8-14-34(26-31)49(45,46)47/h7-8,11-14,24-29,32,35,37-39H,6,9-10,15-23H2,1-5H3,(H,42,43,44)(H,45,46,47)/t28-,29+,32+,35+,37-,38+,39+,40+,41-/m1/s1. The molecular formula is C41H58O6S2. The highest BCUT2D eigenvalue weighted by atomic mass is 32.2. The maximum Gasteiger partial charge on any atom is 0.294 e. The van der Waals surface area contributed by atoms with E-state index in [0.29, 0.717) is 33.4 Å². The first-order chi connectivity index (χ1) is 23.0. The Morgan fingerprint density at radius 1 is 0.776 bits per heavy atom. The molecular weight excluding hydrogens is 653 g/mol. The SMILES string of the molecule is CC(C)CCC[C@@H](C)[C@H]1CC[C@H]2[C@@H]3CC[C@H]4C[C@@H](C=C(c5cccc(S(=O)(=O)O)c5)c5cccc(S(=O)(=O)O)c5)CC[C@]4(C)[C@H]3CC[C@]12C. The summed E-state index contributed by atoms with van der Waals surface area (Å²) in [5.74, 6) is 5.73. The molecule has 0 aliphatic heterocycles. The Morgan fingerprint density at radius 2 is 1.37 bits per heavy atom. The molecule has 0 unspecified atom stereocenters. The van der Waals surface area contributed by atoms with Crippen LogP contribution in [-0.2, 0) is 20.2 Å². The fourth-order valence-electron chi connectivity index (χ4n) is 11.7. The van der Waals surface area contributed by atoms with E-state index in [2.05, 4.69) is 40.7 Å². The second kappa shape index (κ2) is 13.9. The Labute approximate surface area is 296 Å². The zero-order chi connectivity index (χ0) is 35.4. The summed E-state index contributed by atoms with van der Waals surface area (Å²) in [5.41, 5.74) is 2.67. The minimum absolute atomic E-state index is 0.209. The summed E-state index contributed by atoms with van der Waals surface area (Å²) in [5, 5.41) is 0. The van der Waals surface area contributed by atoms with Crippen LogP contribution in [0.25, 0.3) is 5.57 Å². The number of benzene rings is 2. The fourth-order valence-corrected chi connectivity index (χ4v) is 12.8. The lowest BCUT2D eigenvalue weighted by atomic mass is 9.44. The average Bonchev–Trinajstić information content (AvgIpc) is 3.40. The highest BCUT2D eigenvalue weighted by Crippen LogP contribution is 2.68. The van der Waals surface area contributed by atoms with Gasteiger partial charge in [0.15, 0.2) is 0 Å². The quantitative estimate of drug-likeness (QED) is 0.238. The van der Waals surface area contributed by atoms with Gasteiger partial charge in [0, 0.05) is 0 Å². The van der Waals surface area contributed by atoms with Gasteiger partial charge in [0.2, 0.25) is 0 Å². The van der Waals surface area contributed by atoms with E-state index >= 15 is 0 Å². The van der Waals surface area contributed by atoms with E-state index in [0.717, 1.165) is 54.8 Å². The summed E-state index contributed by atoms with van der Waals surface area (Å²) in [6.07, 6.45) is 17.6. The van der Waals surface area contributed by atoms with Crippen molar-refractivity contribution in [1.29, 1.82) is 0 Å². The fraction of sp³-hybridized carbons (Fsp3) is 0.659. The predicted octanol–water partition coefficient (Wildman–Crippen LogP) is 10.3. The molecule has 6 rings (SSSR count). The van der Waals surface area contributed by atoms with Crippen molar-refractivity contribution in [3.63, 3.8) is 0 Å². The van der Waals surface area contributed by atoms with Gasteiger partial charge in [0.25, 0.3) is 20.2 Å². The highest BCUT2D eigenvalue weighted by molar-refractivity contribution is 7.86. The first-order valence-electron chi connectivity index (χ1n) is 18.9. The van der Waals surface area contributed by atoms with E-state index in [-0.39, 0.29) is 15.7 Å². The van der Waals surface area contributed by atoms with Crippen LogP contribution in [0.1, 0.15) is 123 Å². The van der Waals surface area contributed by atoms with Crippen LogP contribution in [0.5, 0.6) is 0 Å². The van der Waals surface area contributed by atoms with Gasteiger partial charge in [-0.05, 0) is 157 Å². The lowest BCUT2D eigenvalue weighted by molar-refractivity contribution is -0.118. The van der Waals surface area contributed by atoms with Crippen LogP contribution in [-0.4, -0.2) is 25.9 Å². The number of hydrogen-bond donors (Lipinski definition) is 2. The molecule has 4 fully saturated rings. The van der Waals surface area contributed by atoms with Gasteiger partial charge in [-0.25, -0.2) is 0 Å². The molecule has 2 N–H and O–H groups in total. The van der Waals surface area contributed by atoms with Gasteiger partial charge < -0.3 is 0 Å². The van der Waals surface area contributed by atoms with Gasteiger partial charge >= 0.3 is 0 Å². The maximum absolute atomic E-state index is 12.1. The van der Waals surface area contributed by atoms with Crippen LogP contribution in [0.4, 0.5) is 0 Å². The van der Waals surface area contributed by atoms with E-state index in [1.807, 2.05) is 0 Å². The van der Waals surface area contributed by atoms with Crippen LogP contribution in [0, 0.1) is 58.2 Å². The van der Waals surface area contributed by atoms with Gasteiger partial charge in [-0.15, -0.1) is 0 Å². The number of allylic oxidation sites excluding steroid dienone is 1. The molecule has 49 heavy (non-hydrogen) atoms. The second-order valence-corrected chi connectivity index (χ2v) is 20.2. The molecule has 0 amide bonds. The first kappa shape index (κ1) is 36.8. The van der Waals surface area contributed by atoms with Crippen molar-refractivity contribution < 1.29 is 25.9 Å². The summed E-state index contributed by atoms with van der Waals surface area (Å²) >= 11 is 0. The summed E-state index contributed by atoms with van der Waals surface area (Å²) in [4.78, 5) is -0.417. The Bertz CT molecular complexity index is 1690. The highest BCUT2D eigenvalue weighted by Gasteiger charge is 2.60. The van der Waals surface area contributed by atoms with Crippen molar-refractivity contribution in [2.75, 3.05) is 0 Å². The molecule has 9 atom stereocenters. The van der Waals surface area contributed by atoms with Crippen molar-refractivity contribution in [2.45, 2.75) is 121 Å². The molecule has 0 spiro atoms. The first-order valence-corrected chi connectivity index (χ1v) is 21.8. The van der Waals surface area contributed by atoms with Gasteiger partial charge in [0.1, 0.15) is 0 Å². The van der Waals surface area contributed by atoms with Crippen molar-refractivity contribution in [2.24, 2.45) is 58.2 Å². The third kappa shape index (κ3) is 7.36. The Balaban J connectivity index is 1.24. The van der Waals surface area contributed by atoms with Crippen LogP contribution < -0.4 is 0 Å². The second-order valence-electron chi connectivity index (χ2n) is 17.3. The van der Waals surface area contributed by atoms with Gasteiger partial charge in [-0.1, -0.05) is 84.2 Å². The minimum Gasteiger partial charge on any atom is -0.282 e. The summed E-state index contributed by atoms with van der Waals surface area (Å²) < 4.78 is 67.8. The Kier molecular flexibility index (Phi) is 10.4. The molecule has 6 nitrogen and oxygen atoms in total. The molecule has 0 heterocycles. The third-order valence-electron chi connectivity index (χ3n) is 14.2. The largest absolute Gasteiger partial charge is 0.294 e. The number of hydrogen-bond acceptors (Lipinski definition) is 4. The van der Waals surface area contributed by atoms with E-state index in [4.69, 9.17) is 0 Å². The molecule has 270 valence electrons. The molecule has 0 bridgehead atoms. The van der Waals surface area contributed by atoms with Crippen LogP contribution in [0.15, 0.2) is 64.4 Å². The smallest absolute Gasteiger partial charge is 0.282 e. The molecule has 0 saturated heterocycles. The summed E-state index contributed by atoms with van der Waals surface area (Å²) in [7, 11) is -8.86. The van der Waals surface area contributed by atoms with Gasteiger partial charge in [-0.2, -0.15) is 16.8 Å². The average molecular weight is 711 g/mol. The molecule has 4 saturated carbocycles. The van der Waals surface area contributed by atoms with Crippen LogP contribution >= 0.6 is 0 Å². The molecule has 0 aromatic heterocycles. The van der Waals surface area contributed by atoms with Crippen molar-refractivity contribution in [3.05, 3.63) is 65.7 Å². The van der Waals surface area contributed by atoms with Crippen molar-refractivity contribution in [1.82, 2.24) is 0 Å². The van der Waals surface area contributed by atoms with Crippen LogP contribution in [0.3, 0.4) is 0 Å². The van der Waals surface area contributed by atoms with Crippen molar-refractivity contribution in [3.8, 4) is 0 Å². The van der Waals surface area contributed by atoms with Crippen LogP contribution in [0.2, 0.25) is 0 Å². The van der Waals surface area contributed by atoms with E-state index in [9.17, 15) is 25.9 Å². The molecule has 8 heteroatoms. The maximum atomic E-state index is 12.1. The molecule has 4 aliphatic carbocycles. The Morgan fingerprint density at radius 3 is 1.96 bits per heavy atom. The van der Waals surface area contributed by atoms with Crippen molar-refractivity contribution >= 4 is 25.8 Å². The third-order valence-corrected chi connectivity index (χ3v) is 15.9. The topological polar surface area (TPSA) is 109 Å². The predicted molar refractivity (Wildman–Crippen MR) is 196 cm³/mol. The monoisotopic (exact) mass is 710 g/mol. The van der Waals surface area contributed by atoms with Gasteiger partial charge in [0.05, 0.1) is 9.79 Å². The molecule has 4 aliphatic rings.